The Bertz CT molecular complexity index is 916. The van der Waals surface area contributed by atoms with E-state index in [9.17, 15) is 4.79 Å². The van der Waals surface area contributed by atoms with Crippen LogP contribution in [0.2, 0.25) is 0 Å². The summed E-state index contributed by atoms with van der Waals surface area (Å²) >= 11 is 0. The first-order chi connectivity index (χ1) is 15.5. The van der Waals surface area contributed by atoms with Crippen molar-refractivity contribution in [1.29, 1.82) is 0 Å². The Hall–Kier alpha value is -3.07. The zero-order valence-corrected chi connectivity index (χ0v) is 18.3. The first kappa shape index (κ1) is 23.6. The Morgan fingerprint density at radius 1 is 0.969 bits per heavy atom. The summed E-state index contributed by atoms with van der Waals surface area (Å²) in [4.78, 5) is 21.6. The van der Waals surface area contributed by atoms with Gasteiger partial charge in [-0.3, -0.25) is 9.78 Å². The number of rotatable bonds is 12. The number of aromatic nitrogens is 2. The van der Waals surface area contributed by atoms with Crippen molar-refractivity contribution >= 4 is 5.97 Å². The van der Waals surface area contributed by atoms with E-state index < -0.39 is 11.4 Å². The Morgan fingerprint density at radius 2 is 1.66 bits per heavy atom. The molecule has 1 N–H and O–H groups in total. The van der Waals surface area contributed by atoms with Crippen LogP contribution in [-0.4, -0.2) is 60.7 Å². The number of aliphatic hydroxyl groups excluding tert-OH is 1. The molecule has 2 heterocycles. The van der Waals surface area contributed by atoms with E-state index >= 15 is 0 Å². The highest BCUT2D eigenvalue weighted by Gasteiger charge is 2.38. The lowest BCUT2D eigenvalue weighted by Gasteiger charge is -2.18. The van der Waals surface area contributed by atoms with Crippen LogP contribution in [0.25, 0.3) is 22.6 Å². The number of aliphatic hydroxyl groups is 1. The van der Waals surface area contributed by atoms with Gasteiger partial charge in [0, 0.05) is 23.5 Å². The molecular formula is C24H28N2O6. The van der Waals surface area contributed by atoms with Crippen LogP contribution in [0.3, 0.4) is 0 Å². The van der Waals surface area contributed by atoms with Crippen molar-refractivity contribution in [2.75, 3.05) is 39.6 Å². The monoisotopic (exact) mass is 440 g/mol. The molecule has 0 saturated carbocycles. The van der Waals surface area contributed by atoms with E-state index in [1.165, 1.54) is 0 Å². The van der Waals surface area contributed by atoms with Gasteiger partial charge in [0.1, 0.15) is 17.7 Å². The van der Waals surface area contributed by atoms with Gasteiger partial charge >= 0.3 is 5.97 Å². The third-order valence-electron chi connectivity index (χ3n) is 4.71. The molecule has 0 amide bonds. The number of benzene rings is 1. The summed E-state index contributed by atoms with van der Waals surface area (Å²) in [7, 11) is 0. The van der Waals surface area contributed by atoms with Crippen molar-refractivity contribution < 1.29 is 28.5 Å². The quantitative estimate of drug-likeness (QED) is 0.338. The molecule has 0 saturated heterocycles. The number of ether oxygens (including phenoxy) is 3. The fourth-order valence-electron chi connectivity index (χ4n) is 2.92. The number of oxazole rings is 1. The van der Waals surface area contributed by atoms with Crippen LogP contribution in [0, 0.1) is 0 Å². The van der Waals surface area contributed by atoms with Gasteiger partial charge in [0.25, 0.3) is 0 Å². The van der Waals surface area contributed by atoms with Crippen molar-refractivity contribution in [1.82, 2.24) is 9.97 Å². The summed E-state index contributed by atoms with van der Waals surface area (Å²) in [6.07, 6.45) is 3.38. The largest absolute Gasteiger partial charge is 0.462 e. The molecule has 32 heavy (non-hydrogen) atoms. The molecule has 170 valence electrons. The predicted octanol–water partition coefficient (Wildman–Crippen LogP) is 3.25. The molecule has 3 rings (SSSR count). The predicted molar refractivity (Wildman–Crippen MR) is 118 cm³/mol. The van der Waals surface area contributed by atoms with Gasteiger partial charge in [0.15, 0.2) is 5.76 Å². The molecule has 0 spiro atoms. The fourth-order valence-corrected chi connectivity index (χ4v) is 2.92. The molecule has 8 heteroatoms. The molecule has 0 aliphatic rings. The lowest BCUT2D eigenvalue weighted by atomic mass is 9.94. The summed E-state index contributed by atoms with van der Waals surface area (Å²) in [6.45, 7) is 4.75. The van der Waals surface area contributed by atoms with Crippen LogP contribution in [0.5, 0.6) is 0 Å². The molecular weight excluding hydrogens is 412 g/mol. The normalized spacial score (nSPS) is 11.5. The van der Waals surface area contributed by atoms with Gasteiger partial charge in [-0.15, -0.1) is 0 Å². The van der Waals surface area contributed by atoms with Crippen LogP contribution in [0.15, 0.2) is 59.3 Å². The van der Waals surface area contributed by atoms with Crippen molar-refractivity contribution in [2.24, 2.45) is 0 Å². The van der Waals surface area contributed by atoms with E-state index in [2.05, 4.69) is 9.97 Å². The highest BCUT2D eigenvalue weighted by molar-refractivity contribution is 5.82. The third-order valence-corrected chi connectivity index (χ3v) is 4.71. The van der Waals surface area contributed by atoms with Gasteiger partial charge in [-0.2, -0.15) is 0 Å². The van der Waals surface area contributed by atoms with Crippen molar-refractivity contribution in [2.45, 2.75) is 19.3 Å². The molecule has 0 unspecified atom stereocenters. The highest BCUT2D eigenvalue weighted by atomic mass is 16.6. The summed E-state index contributed by atoms with van der Waals surface area (Å²) in [5.74, 6) is 0.348. The molecule has 1 aromatic carbocycles. The van der Waals surface area contributed by atoms with Crippen molar-refractivity contribution in [3.05, 3.63) is 60.7 Å². The maximum Gasteiger partial charge on any atom is 0.321 e. The first-order valence-corrected chi connectivity index (χ1v) is 10.4. The van der Waals surface area contributed by atoms with Gasteiger partial charge in [0.2, 0.25) is 5.89 Å². The van der Waals surface area contributed by atoms with Crippen LogP contribution in [0.4, 0.5) is 0 Å². The van der Waals surface area contributed by atoms with Crippen LogP contribution < -0.4 is 0 Å². The molecule has 0 aliphatic carbocycles. The highest BCUT2D eigenvalue weighted by Crippen LogP contribution is 2.36. The number of pyridine rings is 1. The summed E-state index contributed by atoms with van der Waals surface area (Å²) in [5, 5.41) is 8.65. The van der Waals surface area contributed by atoms with E-state index in [4.69, 9.17) is 23.7 Å². The molecule has 0 radical (unpaired) electrons. The van der Waals surface area contributed by atoms with E-state index in [0.717, 1.165) is 11.1 Å². The van der Waals surface area contributed by atoms with Crippen molar-refractivity contribution in [3.63, 3.8) is 0 Å². The topological polar surface area (TPSA) is 104 Å². The second-order valence-electron chi connectivity index (χ2n) is 7.51. The molecule has 3 aromatic rings. The molecule has 0 fully saturated rings. The lowest BCUT2D eigenvalue weighted by Crippen LogP contribution is -2.32. The average Bonchev–Trinajstić information content (AvgIpc) is 3.28. The number of nitrogens with zero attached hydrogens (tertiary/aromatic N) is 2. The minimum absolute atomic E-state index is 0.0258. The van der Waals surface area contributed by atoms with Gasteiger partial charge in [-0.05, 0) is 26.0 Å². The minimum atomic E-state index is -1.10. The lowest BCUT2D eigenvalue weighted by molar-refractivity contribution is -0.151. The Labute approximate surface area is 187 Å². The zero-order valence-electron chi connectivity index (χ0n) is 18.3. The first-order valence-electron chi connectivity index (χ1n) is 10.4. The zero-order chi connectivity index (χ0) is 22.8. The van der Waals surface area contributed by atoms with Gasteiger partial charge < -0.3 is 23.7 Å². The number of hydrogen-bond donors (Lipinski definition) is 1. The number of hydrogen-bond acceptors (Lipinski definition) is 8. The van der Waals surface area contributed by atoms with E-state index in [1.807, 2.05) is 42.5 Å². The molecule has 2 aromatic heterocycles. The summed E-state index contributed by atoms with van der Waals surface area (Å²) in [5.41, 5.74) is 1.18. The SMILES string of the molecule is CC(C)(C(=O)OCCOCCOCCO)c1nc(-c2ccccc2)c(-c2cccnc2)o1. The smallest absolute Gasteiger partial charge is 0.321 e. The second-order valence-corrected chi connectivity index (χ2v) is 7.51. The van der Waals surface area contributed by atoms with E-state index in [1.54, 1.807) is 26.2 Å². The number of esters is 1. The van der Waals surface area contributed by atoms with E-state index in [0.29, 0.717) is 24.7 Å². The van der Waals surface area contributed by atoms with Crippen LogP contribution >= 0.6 is 0 Å². The van der Waals surface area contributed by atoms with Gasteiger partial charge in [-0.1, -0.05) is 30.3 Å². The van der Waals surface area contributed by atoms with Gasteiger partial charge in [-0.25, -0.2) is 4.98 Å². The summed E-state index contributed by atoms with van der Waals surface area (Å²) < 4.78 is 22.0. The average molecular weight is 440 g/mol. The Kier molecular flexibility index (Phi) is 8.49. The maximum absolute atomic E-state index is 12.8. The summed E-state index contributed by atoms with van der Waals surface area (Å²) in [6, 6.07) is 13.4. The van der Waals surface area contributed by atoms with E-state index in [-0.39, 0.29) is 32.3 Å². The van der Waals surface area contributed by atoms with Crippen LogP contribution in [0.1, 0.15) is 19.7 Å². The standard InChI is InChI=1S/C24H28N2O6/c1-24(2,23(28)31-16-15-30-14-13-29-12-11-27)22-26-20(18-7-4-3-5-8-18)21(32-22)19-9-6-10-25-17-19/h3-10,17,27H,11-16H2,1-2H3. The fraction of sp³-hybridized carbons (Fsp3) is 0.375. The third kappa shape index (κ3) is 6.00. The van der Waals surface area contributed by atoms with Gasteiger partial charge in [0.05, 0.1) is 33.0 Å². The number of carbonyl (C=O) groups excluding carboxylic acids is 1. The molecule has 8 nitrogen and oxygen atoms in total. The molecule has 0 bridgehead atoms. The van der Waals surface area contributed by atoms with Crippen LogP contribution in [-0.2, 0) is 24.4 Å². The molecule has 0 aliphatic heterocycles. The Balaban J connectivity index is 1.70. The minimum Gasteiger partial charge on any atom is -0.462 e. The second kappa shape index (κ2) is 11.5. The number of carbonyl (C=O) groups is 1. The maximum atomic E-state index is 12.8. The Morgan fingerprint density at radius 3 is 2.34 bits per heavy atom. The van der Waals surface area contributed by atoms with Crippen molar-refractivity contribution in [3.8, 4) is 22.6 Å². The molecule has 0 atom stereocenters.